The fraction of sp³-hybridized carbons (Fsp3) is 0.292. The smallest absolute Gasteiger partial charge is 0.157 e. The van der Waals surface area contributed by atoms with E-state index in [0.717, 1.165) is 37.4 Å². The number of rotatable bonds is 5. The first kappa shape index (κ1) is 18.5. The van der Waals surface area contributed by atoms with Gasteiger partial charge in [0.1, 0.15) is 0 Å². The standard InChI is InChI=1S/C24H28N4/c1-19-10-4-6-12-21(19)28-18-20-11-5-7-13-22(20)27(17-9-16-26(2)3)24-23(28)14-8-15-25-24/h4-8,10,12-15,18H,9,11,16-17H2,1-3H3. The molecule has 0 saturated heterocycles. The van der Waals surface area contributed by atoms with Crippen molar-refractivity contribution in [1.82, 2.24) is 9.88 Å². The summed E-state index contributed by atoms with van der Waals surface area (Å²) in [7, 11) is 4.25. The summed E-state index contributed by atoms with van der Waals surface area (Å²) >= 11 is 0. The van der Waals surface area contributed by atoms with Gasteiger partial charge in [0.25, 0.3) is 0 Å². The molecule has 4 nitrogen and oxygen atoms in total. The number of aryl methyl sites for hydroxylation is 1. The maximum atomic E-state index is 4.83. The van der Waals surface area contributed by atoms with Crippen molar-refractivity contribution in [3.05, 3.63) is 83.9 Å². The molecule has 2 aliphatic rings. The largest absolute Gasteiger partial charge is 0.324 e. The average molecular weight is 373 g/mol. The highest BCUT2D eigenvalue weighted by molar-refractivity contribution is 5.82. The van der Waals surface area contributed by atoms with Crippen molar-refractivity contribution in [2.45, 2.75) is 19.8 Å². The lowest BCUT2D eigenvalue weighted by atomic mass is 10.0. The molecule has 0 N–H and O–H groups in total. The summed E-state index contributed by atoms with van der Waals surface area (Å²) in [6.45, 7) is 4.17. The maximum absolute atomic E-state index is 4.83. The number of fused-ring (bicyclic) bond motifs is 2. The van der Waals surface area contributed by atoms with Crippen LogP contribution in [0.15, 0.2) is 78.3 Å². The Morgan fingerprint density at radius 1 is 1.07 bits per heavy atom. The predicted octanol–water partition coefficient (Wildman–Crippen LogP) is 5.03. The van der Waals surface area contributed by atoms with E-state index < -0.39 is 0 Å². The molecule has 144 valence electrons. The molecule has 1 aromatic heterocycles. The molecule has 0 bridgehead atoms. The van der Waals surface area contributed by atoms with Crippen LogP contribution in [0.1, 0.15) is 18.4 Å². The number of aromatic nitrogens is 1. The molecule has 0 atom stereocenters. The fourth-order valence-corrected chi connectivity index (χ4v) is 3.88. The van der Waals surface area contributed by atoms with E-state index in [1.54, 1.807) is 0 Å². The number of benzene rings is 1. The van der Waals surface area contributed by atoms with E-state index in [4.69, 9.17) is 4.98 Å². The van der Waals surface area contributed by atoms with Gasteiger partial charge >= 0.3 is 0 Å². The van der Waals surface area contributed by atoms with E-state index in [0.29, 0.717) is 0 Å². The third-order valence-electron chi connectivity index (χ3n) is 5.28. The van der Waals surface area contributed by atoms with Gasteiger partial charge in [0.05, 0.1) is 5.69 Å². The number of para-hydroxylation sites is 1. The fourth-order valence-electron chi connectivity index (χ4n) is 3.88. The summed E-state index contributed by atoms with van der Waals surface area (Å²) in [5.74, 6) is 1.03. The second-order valence-corrected chi connectivity index (χ2v) is 7.65. The number of hydrogen-bond donors (Lipinski definition) is 0. The summed E-state index contributed by atoms with van der Waals surface area (Å²) < 4.78 is 0. The van der Waals surface area contributed by atoms with Gasteiger partial charge in [0, 0.05) is 30.3 Å². The first-order valence-corrected chi connectivity index (χ1v) is 9.95. The lowest BCUT2D eigenvalue weighted by Gasteiger charge is -2.29. The van der Waals surface area contributed by atoms with E-state index in [2.05, 4.69) is 90.5 Å². The van der Waals surface area contributed by atoms with Gasteiger partial charge < -0.3 is 14.7 Å². The number of hydrogen-bond acceptors (Lipinski definition) is 4. The Labute approximate surface area is 168 Å². The van der Waals surface area contributed by atoms with Crippen LogP contribution >= 0.6 is 0 Å². The van der Waals surface area contributed by atoms with E-state index in [-0.39, 0.29) is 0 Å². The zero-order valence-electron chi connectivity index (χ0n) is 17.0. The molecule has 2 heterocycles. The minimum Gasteiger partial charge on any atom is -0.324 e. The van der Waals surface area contributed by atoms with Crippen LogP contribution in [-0.2, 0) is 0 Å². The van der Waals surface area contributed by atoms with Crippen LogP contribution in [0.3, 0.4) is 0 Å². The van der Waals surface area contributed by atoms with Crippen molar-refractivity contribution < 1.29 is 0 Å². The van der Waals surface area contributed by atoms with Crippen molar-refractivity contribution in [2.75, 3.05) is 37.0 Å². The van der Waals surface area contributed by atoms with Crippen molar-refractivity contribution in [3.8, 4) is 0 Å². The Balaban J connectivity index is 1.83. The van der Waals surface area contributed by atoms with Gasteiger partial charge in [-0.1, -0.05) is 30.4 Å². The summed E-state index contributed by atoms with van der Waals surface area (Å²) in [6.07, 6.45) is 12.8. The maximum Gasteiger partial charge on any atom is 0.157 e. The monoisotopic (exact) mass is 372 g/mol. The van der Waals surface area contributed by atoms with E-state index >= 15 is 0 Å². The second kappa shape index (κ2) is 8.03. The van der Waals surface area contributed by atoms with Gasteiger partial charge in [0.15, 0.2) is 5.82 Å². The molecular formula is C24H28N4. The van der Waals surface area contributed by atoms with E-state index in [1.165, 1.54) is 22.5 Å². The highest BCUT2D eigenvalue weighted by atomic mass is 15.3. The molecule has 4 heteroatoms. The summed E-state index contributed by atoms with van der Waals surface area (Å²) in [5, 5.41) is 0. The molecule has 1 aromatic carbocycles. The normalized spacial score (nSPS) is 15.7. The van der Waals surface area contributed by atoms with Crippen LogP contribution in [0.25, 0.3) is 0 Å². The molecule has 28 heavy (non-hydrogen) atoms. The highest BCUT2D eigenvalue weighted by Crippen LogP contribution is 2.42. The van der Waals surface area contributed by atoms with Gasteiger partial charge in [0.2, 0.25) is 0 Å². The number of anilines is 3. The number of pyridine rings is 1. The predicted molar refractivity (Wildman–Crippen MR) is 118 cm³/mol. The molecule has 0 amide bonds. The number of allylic oxidation sites excluding steroid dienone is 4. The van der Waals surface area contributed by atoms with Crippen molar-refractivity contribution in [1.29, 1.82) is 0 Å². The zero-order chi connectivity index (χ0) is 19.5. The minimum atomic E-state index is 0.937. The molecule has 4 rings (SSSR count). The topological polar surface area (TPSA) is 22.6 Å². The molecule has 0 saturated carbocycles. The quantitative estimate of drug-likeness (QED) is 0.734. The first-order valence-electron chi connectivity index (χ1n) is 9.95. The van der Waals surface area contributed by atoms with Crippen molar-refractivity contribution in [3.63, 3.8) is 0 Å². The van der Waals surface area contributed by atoms with E-state index in [1.807, 2.05) is 12.3 Å². The Morgan fingerprint density at radius 2 is 1.89 bits per heavy atom. The minimum absolute atomic E-state index is 0.937. The summed E-state index contributed by atoms with van der Waals surface area (Å²) in [5.41, 5.74) is 6.18. The Hall–Kier alpha value is -2.85. The lowest BCUT2D eigenvalue weighted by molar-refractivity contribution is 0.402. The molecule has 0 unspecified atom stereocenters. The Morgan fingerprint density at radius 3 is 2.71 bits per heavy atom. The van der Waals surface area contributed by atoms with Crippen LogP contribution < -0.4 is 9.80 Å². The average Bonchev–Trinajstić information content (AvgIpc) is 2.84. The highest BCUT2D eigenvalue weighted by Gasteiger charge is 2.27. The number of nitrogens with zero attached hydrogens (tertiary/aromatic N) is 4. The van der Waals surface area contributed by atoms with Crippen LogP contribution in [0, 0.1) is 6.92 Å². The first-order chi connectivity index (χ1) is 13.6. The van der Waals surface area contributed by atoms with Gasteiger partial charge in [-0.15, -0.1) is 0 Å². The van der Waals surface area contributed by atoms with Crippen LogP contribution in [-0.4, -0.2) is 37.1 Å². The third-order valence-corrected chi connectivity index (χ3v) is 5.28. The zero-order valence-corrected chi connectivity index (χ0v) is 17.0. The lowest BCUT2D eigenvalue weighted by Crippen LogP contribution is -2.28. The van der Waals surface area contributed by atoms with Crippen LogP contribution in [0.4, 0.5) is 17.2 Å². The molecular weight excluding hydrogens is 344 g/mol. The van der Waals surface area contributed by atoms with Gasteiger partial charge in [-0.3, -0.25) is 0 Å². The van der Waals surface area contributed by atoms with Gasteiger partial charge in [-0.25, -0.2) is 4.98 Å². The van der Waals surface area contributed by atoms with Crippen molar-refractivity contribution in [2.24, 2.45) is 0 Å². The summed E-state index contributed by atoms with van der Waals surface area (Å²) in [6, 6.07) is 12.8. The van der Waals surface area contributed by atoms with Crippen molar-refractivity contribution >= 4 is 17.2 Å². The molecule has 1 aliphatic heterocycles. The summed E-state index contributed by atoms with van der Waals surface area (Å²) in [4.78, 5) is 11.8. The van der Waals surface area contributed by atoms with Crippen LogP contribution in [0.5, 0.6) is 0 Å². The SMILES string of the molecule is Cc1ccccc1N1C=C2CC=CC=C2N(CCCN(C)C)c2ncccc21. The Kier molecular flexibility index (Phi) is 5.31. The molecule has 2 aromatic rings. The molecule has 0 radical (unpaired) electrons. The van der Waals surface area contributed by atoms with Crippen LogP contribution in [0.2, 0.25) is 0 Å². The third kappa shape index (κ3) is 3.60. The second-order valence-electron chi connectivity index (χ2n) is 7.65. The Bertz CT molecular complexity index is 939. The van der Waals surface area contributed by atoms with Gasteiger partial charge in [-0.2, -0.15) is 0 Å². The molecule has 0 fully saturated rings. The van der Waals surface area contributed by atoms with E-state index in [9.17, 15) is 0 Å². The van der Waals surface area contributed by atoms with Gasteiger partial charge in [-0.05, 0) is 75.8 Å². The molecule has 1 aliphatic carbocycles. The molecule has 0 spiro atoms.